The highest BCUT2D eigenvalue weighted by molar-refractivity contribution is 6.10. The topological polar surface area (TPSA) is 8.17 Å². The van der Waals surface area contributed by atoms with Crippen molar-refractivity contribution in [3.8, 4) is 50.2 Å². The van der Waals surface area contributed by atoms with Gasteiger partial charge in [0.25, 0.3) is 0 Å². The first-order valence-electron chi connectivity index (χ1n) is 21.7. The van der Waals surface area contributed by atoms with Crippen LogP contribution in [0.3, 0.4) is 0 Å². The fraction of sp³-hybridized carbons (Fsp3) is 0.0847. The number of benzene rings is 9. The van der Waals surface area contributed by atoms with Gasteiger partial charge in [0.15, 0.2) is 0 Å². The lowest BCUT2D eigenvalue weighted by molar-refractivity contribution is 0.550. The Hall–Kier alpha value is -7.42. The average molecular weight is 781 g/mol. The Morgan fingerprint density at radius 2 is 0.902 bits per heavy atom. The molecule has 0 unspecified atom stereocenters. The number of fused-ring (bicyclic) bond motifs is 8. The van der Waals surface area contributed by atoms with E-state index in [1.165, 1.54) is 109 Å². The van der Waals surface area contributed by atoms with Gasteiger partial charge < -0.3 is 9.47 Å². The lowest BCUT2D eigenvalue weighted by atomic mass is 9.76. The molecule has 9 aromatic carbocycles. The van der Waals surface area contributed by atoms with E-state index in [-0.39, 0.29) is 5.41 Å². The van der Waals surface area contributed by atoms with Crippen LogP contribution >= 0.6 is 0 Å². The highest BCUT2D eigenvalue weighted by Crippen LogP contribution is 2.57. The third-order valence-corrected chi connectivity index (χ3v) is 13.6. The highest BCUT2D eigenvalue weighted by Gasteiger charge is 2.44. The molecule has 1 fully saturated rings. The fourth-order valence-corrected chi connectivity index (χ4v) is 10.7. The van der Waals surface area contributed by atoms with Gasteiger partial charge in [-0.1, -0.05) is 171 Å². The van der Waals surface area contributed by atoms with Gasteiger partial charge in [-0.05, 0) is 124 Å². The Balaban J connectivity index is 0.943. The molecule has 0 aliphatic heterocycles. The number of hydrogen-bond acceptors (Lipinski definition) is 1. The minimum absolute atomic E-state index is 0.151. The number of hydrogen-bond donors (Lipinski definition) is 0. The van der Waals surface area contributed by atoms with Crippen molar-refractivity contribution in [3.05, 3.63) is 230 Å². The van der Waals surface area contributed by atoms with Crippen LogP contribution in [0.4, 0.5) is 17.1 Å². The predicted octanol–water partition coefficient (Wildman–Crippen LogP) is 16.1. The second-order valence-electron chi connectivity index (χ2n) is 16.8. The monoisotopic (exact) mass is 780 g/mol. The van der Waals surface area contributed by atoms with Crippen LogP contribution in [0.1, 0.15) is 36.8 Å². The molecule has 10 aromatic rings. The van der Waals surface area contributed by atoms with E-state index < -0.39 is 0 Å². The molecule has 1 aromatic heterocycles. The van der Waals surface area contributed by atoms with Gasteiger partial charge in [0.2, 0.25) is 0 Å². The van der Waals surface area contributed by atoms with E-state index in [9.17, 15) is 0 Å². The van der Waals surface area contributed by atoms with Crippen molar-refractivity contribution in [2.24, 2.45) is 0 Å². The number of para-hydroxylation sites is 3. The van der Waals surface area contributed by atoms with Gasteiger partial charge in [-0.15, -0.1) is 0 Å². The van der Waals surface area contributed by atoms with Crippen molar-refractivity contribution in [1.82, 2.24) is 4.57 Å². The van der Waals surface area contributed by atoms with Crippen molar-refractivity contribution in [3.63, 3.8) is 0 Å². The summed E-state index contributed by atoms with van der Waals surface area (Å²) >= 11 is 0. The van der Waals surface area contributed by atoms with Crippen molar-refractivity contribution in [2.45, 2.75) is 31.1 Å². The molecule has 0 radical (unpaired) electrons. The summed E-state index contributed by atoms with van der Waals surface area (Å²) < 4.78 is 2.39. The lowest BCUT2D eigenvalue weighted by Crippen LogP contribution is -2.20. The second kappa shape index (κ2) is 14.4. The smallest absolute Gasteiger partial charge is 0.0547 e. The molecule has 12 rings (SSSR count). The van der Waals surface area contributed by atoms with E-state index in [2.05, 4.69) is 228 Å². The van der Waals surface area contributed by atoms with Gasteiger partial charge >= 0.3 is 0 Å². The minimum Gasteiger partial charge on any atom is -0.310 e. The summed E-state index contributed by atoms with van der Waals surface area (Å²) in [4.78, 5) is 2.42. The average Bonchev–Trinajstić information content (AvgIpc) is 4.04. The molecule has 290 valence electrons. The summed E-state index contributed by atoms with van der Waals surface area (Å²) in [5, 5.41) is 2.52. The first-order valence-corrected chi connectivity index (χ1v) is 21.7. The van der Waals surface area contributed by atoms with E-state index in [0.717, 1.165) is 17.1 Å². The Labute approximate surface area is 357 Å². The van der Waals surface area contributed by atoms with Gasteiger partial charge in [-0.2, -0.15) is 0 Å². The molecule has 1 saturated carbocycles. The van der Waals surface area contributed by atoms with Gasteiger partial charge in [0.1, 0.15) is 0 Å². The molecule has 2 heteroatoms. The number of nitrogens with zero attached hydrogens (tertiary/aromatic N) is 2. The van der Waals surface area contributed by atoms with Crippen LogP contribution < -0.4 is 4.90 Å². The molecule has 0 N–H and O–H groups in total. The van der Waals surface area contributed by atoms with Crippen LogP contribution in [0.2, 0.25) is 0 Å². The molecule has 0 saturated heterocycles. The maximum Gasteiger partial charge on any atom is 0.0547 e. The third-order valence-electron chi connectivity index (χ3n) is 13.6. The number of anilines is 3. The predicted molar refractivity (Wildman–Crippen MR) is 256 cm³/mol. The molecule has 61 heavy (non-hydrogen) atoms. The van der Waals surface area contributed by atoms with Crippen molar-refractivity contribution >= 4 is 38.9 Å². The lowest BCUT2D eigenvalue weighted by Gasteiger charge is -2.28. The van der Waals surface area contributed by atoms with Crippen molar-refractivity contribution in [1.29, 1.82) is 0 Å². The summed E-state index contributed by atoms with van der Waals surface area (Å²) in [5.41, 5.74) is 20.3. The van der Waals surface area contributed by atoms with E-state index in [4.69, 9.17) is 0 Å². The summed E-state index contributed by atoms with van der Waals surface area (Å²) in [5.74, 6) is 0. The van der Waals surface area contributed by atoms with Crippen LogP contribution in [0, 0.1) is 0 Å². The first-order chi connectivity index (χ1) is 30.2. The molecule has 1 spiro atoms. The molecule has 0 atom stereocenters. The Kier molecular flexibility index (Phi) is 8.38. The van der Waals surface area contributed by atoms with Crippen LogP contribution in [-0.2, 0) is 5.41 Å². The summed E-state index contributed by atoms with van der Waals surface area (Å²) in [7, 11) is 0. The second-order valence-corrected chi connectivity index (χ2v) is 16.8. The molecule has 0 bridgehead atoms. The van der Waals surface area contributed by atoms with Gasteiger partial charge in [0.05, 0.1) is 16.7 Å². The Bertz CT molecular complexity index is 3220. The first kappa shape index (κ1) is 35.5. The molecule has 2 aliphatic rings. The Morgan fingerprint density at radius 3 is 1.64 bits per heavy atom. The van der Waals surface area contributed by atoms with Gasteiger partial charge in [0, 0.05) is 38.8 Å². The zero-order valence-electron chi connectivity index (χ0n) is 34.0. The van der Waals surface area contributed by atoms with Crippen LogP contribution in [0.25, 0.3) is 72.0 Å². The summed E-state index contributed by atoms with van der Waals surface area (Å²) in [6.07, 6.45) is 5.06. The van der Waals surface area contributed by atoms with E-state index >= 15 is 0 Å². The van der Waals surface area contributed by atoms with E-state index in [1.54, 1.807) is 0 Å². The summed E-state index contributed by atoms with van der Waals surface area (Å²) in [6, 6.07) is 80.6. The maximum atomic E-state index is 2.51. The zero-order valence-corrected chi connectivity index (χ0v) is 34.0. The van der Waals surface area contributed by atoms with Crippen molar-refractivity contribution in [2.75, 3.05) is 4.90 Å². The van der Waals surface area contributed by atoms with Gasteiger partial charge in [-0.25, -0.2) is 0 Å². The van der Waals surface area contributed by atoms with Crippen LogP contribution in [0.15, 0.2) is 218 Å². The van der Waals surface area contributed by atoms with Crippen LogP contribution in [0.5, 0.6) is 0 Å². The van der Waals surface area contributed by atoms with E-state index in [1.807, 2.05) is 0 Å². The van der Waals surface area contributed by atoms with Gasteiger partial charge in [-0.3, -0.25) is 0 Å². The van der Waals surface area contributed by atoms with Crippen molar-refractivity contribution < 1.29 is 0 Å². The SMILES string of the molecule is c1ccc(-c2ccccc2N(c2ccc(-c3ccc4c(c3)C3(CCCC3)c3ccccc3-4)cc2)c2ccc(-c3ccc4c5ccccc5n(-c5ccccc5)c4c3)cc2)cc1. The van der Waals surface area contributed by atoms with E-state index in [0.29, 0.717) is 0 Å². The number of rotatable bonds is 7. The Morgan fingerprint density at radius 1 is 0.361 bits per heavy atom. The largest absolute Gasteiger partial charge is 0.310 e. The molecular weight excluding hydrogens is 737 g/mol. The molecule has 1 heterocycles. The minimum atomic E-state index is 0.151. The maximum absolute atomic E-state index is 2.51. The third kappa shape index (κ3) is 5.78. The van der Waals surface area contributed by atoms with Crippen LogP contribution in [-0.4, -0.2) is 4.57 Å². The molecule has 0 amide bonds. The normalized spacial score (nSPS) is 13.8. The number of aromatic nitrogens is 1. The quantitative estimate of drug-likeness (QED) is 0.156. The molecular formula is C59H44N2. The highest BCUT2D eigenvalue weighted by atomic mass is 15.1. The zero-order chi connectivity index (χ0) is 40.3. The molecule has 2 nitrogen and oxygen atoms in total. The standard InChI is InChI=1S/C59H44N2/c1-3-15-43(16-4-1)49-19-8-11-23-56(49)60(47-31-25-41(26-32-47)44-29-35-51-50-20-7-10-22-54(50)59(55(51)39-44)37-13-14-38-59)48-33-27-42(28-34-48)45-30-36-53-52-21-9-12-24-57(52)61(58(53)40-45)46-17-5-2-6-18-46/h1-12,15-36,39-40H,13-14,37-38H2. The summed E-state index contributed by atoms with van der Waals surface area (Å²) in [6.45, 7) is 0. The molecule has 2 aliphatic carbocycles. The fourth-order valence-electron chi connectivity index (χ4n) is 10.7.